The molecule has 4 heteroatoms. The minimum absolute atomic E-state index is 0.186. The van der Waals surface area contributed by atoms with Gasteiger partial charge in [-0.3, -0.25) is 10.1 Å². The van der Waals surface area contributed by atoms with Crippen LogP contribution >= 0.6 is 11.3 Å². The molecule has 2 aromatic rings. The molecule has 1 amide bonds. The van der Waals surface area contributed by atoms with Crippen molar-refractivity contribution in [3.8, 4) is 0 Å². The molecular weight excluding hydrogens is 256 g/mol. The molecule has 3 nitrogen and oxygen atoms in total. The van der Waals surface area contributed by atoms with E-state index in [-0.39, 0.29) is 11.3 Å². The summed E-state index contributed by atoms with van der Waals surface area (Å²) in [5.41, 5.74) is 1.96. The summed E-state index contributed by atoms with van der Waals surface area (Å²) in [6.45, 7) is 7.67. The highest BCUT2D eigenvalue weighted by molar-refractivity contribution is 7.14. The van der Waals surface area contributed by atoms with Crippen molar-refractivity contribution in [1.29, 1.82) is 0 Å². The normalized spacial score (nSPS) is 11.1. The standard InChI is InChI=1S/C15H16N2OS/c1-4-13(18)17-14-16-12(10-19-14)15(2,3)11-8-6-5-7-9-11/h4-10H,1H2,2-3H3,(H,16,17,18). The van der Waals surface area contributed by atoms with Gasteiger partial charge in [0.05, 0.1) is 5.69 Å². The number of rotatable bonds is 4. The van der Waals surface area contributed by atoms with Gasteiger partial charge in [0.25, 0.3) is 0 Å². The number of anilines is 1. The first-order chi connectivity index (χ1) is 9.04. The lowest BCUT2D eigenvalue weighted by atomic mass is 9.82. The first-order valence-electron chi connectivity index (χ1n) is 5.99. The average molecular weight is 272 g/mol. The Morgan fingerprint density at radius 3 is 2.68 bits per heavy atom. The van der Waals surface area contributed by atoms with E-state index in [1.807, 2.05) is 23.6 Å². The van der Waals surface area contributed by atoms with Crippen LogP contribution in [0.4, 0.5) is 5.13 Å². The number of hydrogen-bond acceptors (Lipinski definition) is 3. The van der Waals surface area contributed by atoms with Gasteiger partial charge in [-0.1, -0.05) is 50.8 Å². The number of aromatic nitrogens is 1. The van der Waals surface area contributed by atoms with Crippen molar-refractivity contribution in [1.82, 2.24) is 4.98 Å². The van der Waals surface area contributed by atoms with Crippen LogP contribution in [-0.4, -0.2) is 10.9 Å². The molecule has 1 N–H and O–H groups in total. The molecule has 0 atom stereocenters. The molecule has 2 rings (SSSR count). The highest BCUT2D eigenvalue weighted by Gasteiger charge is 2.25. The Labute approximate surface area is 117 Å². The Hall–Kier alpha value is -1.94. The summed E-state index contributed by atoms with van der Waals surface area (Å²) in [6, 6.07) is 10.2. The molecule has 0 aliphatic heterocycles. The lowest BCUT2D eigenvalue weighted by Gasteiger charge is -2.22. The summed E-state index contributed by atoms with van der Waals surface area (Å²) in [4.78, 5) is 15.7. The molecule has 0 spiro atoms. The van der Waals surface area contributed by atoms with Crippen molar-refractivity contribution in [2.24, 2.45) is 0 Å². The Morgan fingerprint density at radius 1 is 1.37 bits per heavy atom. The molecular formula is C15H16N2OS. The van der Waals surface area contributed by atoms with Crippen molar-refractivity contribution in [3.05, 3.63) is 59.6 Å². The molecule has 0 aliphatic rings. The van der Waals surface area contributed by atoms with E-state index in [4.69, 9.17) is 0 Å². The SMILES string of the molecule is C=CC(=O)Nc1nc(C(C)(C)c2ccccc2)cs1. The summed E-state index contributed by atoms with van der Waals surface area (Å²) >= 11 is 1.42. The number of carbonyl (C=O) groups is 1. The number of benzene rings is 1. The predicted octanol–water partition coefficient (Wildman–Crippen LogP) is 3.59. The molecule has 0 radical (unpaired) electrons. The van der Waals surface area contributed by atoms with Crippen LogP contribution in [0.3, 0.4) is 0 Å². The third-order valence-corrected chi connectivity index (χ3v) is 3.81. The maximum absolute atomic E-state index is 11.2. The van der Waals surface area contributed by atoms with Crippen LogP contribution in [0.25, 0.3) is 0 Å². The van der Waals surface area contributed by atoms with E-state index >= 15 is 0 Å². The number of thiazole rings is 1. The monoisotopic (exact) mass is 272 g/mol. The Kier molecular flexibility index (Phi) is 3.81. The molecule has 1 aromatic heterocycles. The van der Waals surface area contributed by atoms with Crippen molar-refractivity contribution in [2.45, 2.75) is 19.3 Å². The van der Waals surface area contributed by atoms with Crippen molar-refractivity contribution < 1.29 is 4.79 Å². The fourth-order valence-electron chi connectivity index (χ4n) is 1.78. The van der Waals surface area contributed by atoms with Gasteiger partial charge >= 0.3 is 0 Å². The van der Waals surface area contributed by atoms with Gasteiger partial charge in [0.15, 0.2) is 5.13 Å². The van der Waals surface area contributed by atoms with E-state index in [1.54, 1.807) is 0 Å². The van der Waals surface area contributed by atoms with Crippen LogP contribution in [0.15, 0.2) is 48.4 Å². The van der Waals surface area contributed by atoms with E-state index in [9.17, 15) is 4.79 Å². The van der Waals surface area contributed by atoms with Crippen LogP contribution in [0.2, 0.25) is 0 Å². The summed E-state index contributed by atoms with van der Waals surface area (Å²) in [5.74, 6) is -0.238. The molecule has 1 heterocycles. The van der Waals surface area contributed by atoms with E-state index < -0.39 is 0 Å². The second-order valence-electron chi connectivity index (χ2n) is 4.72. The quantitative estimate of drug-likeness (QED) is 0.864. The second kappa shape index (κ2) is 5.36. The first kappa shape index (κ1) is 13.5. The summed E-state index contributed by atoms with van der Waals surface area (Å²) in [5, 5.41) is 5.26. The smallest absolute Gasteiger partial charge is 0.249 e. The largest absolute Gasteiger partial charge is 0.298 e. The van der Waals surface area contributed by atoms with Crippen LogP contribution < -0.4 is 5.32 Å². The topological polar surface area (TPSA) is 42.0 Å². The van der Waals surface area contributed by atoms with E-state index in [1.165, 1.54) is 23.0 Å². The number of nitrogens with one attached hydrogen (secondary N) is 1. The van der Waals surface area contributed by atoms with Gasteiger partial charge in [0.2, 0.25) is 5.91 Å². The third kappa shape index (κ3) is 2.90. The summed E-state index contributed by atoms with van der Waals surface area (Å²) in [7, 11) is 0. The summed E-state index contributed by atoms with van der Waals surface area (Å²) in [6.07, 6.45) is 1.24. The second-order valence-corrected chi connectivity index (χ2v) is 5.58. The van der Waals surface area contributed by atoms with Gasteiger partial charge in [-0.2, -0.15) is 0 Å². The Bertz CT molecular complexity index is 587. The van der Waals surface area contributed by atoms with Gasteiger partial charge in [-0.15, -0.1) is 11.3 Å². The van der Waals surface area contributed by atoms with Gasteiger partial charge in [-0.05, 0) is 11.6 Å². The van der Waals surface area contributed by atoms with E-state index in [0.29, 0.717) is 5.13 Å². The van der Waals surface area contributed by atoms with Crippen molar-refractivity contribution in [2.75, 3.05) is 5.32 Å². The predicted molar refractivity (Wildman–Crippen MR) is 79.5 cm³/mol. The fraction of sp³-hybridized carbons (Fsp3) is 0.200. The van der Waals surface area contributed by atoms with Crippen LogP contribution in [0.1, 0.15) is 25.1 Å². The molecule has 0 aliphatic carbocycles. The van der Waals surface area contributed by atoms with Crippen LogP contribution in [-0.2, 0) is 10.2 Å². The zero-order valence-electron chi connectivity index (χ0n) is 11.0. The van der Waals surface area contributed by atoms with Gasteiger partial charge in [0.1, 0.15) is 0 Å². The first-order valence-corrected chi connectivity index (χ1v) is 6.87. The van der Waals surface area contributed by atoms with Gasteiger partial charge < -0.3 is 0 Å². The minimum Gasteiger partial charge on any atom is -0.298 e. The molecule has 0 bridgehead atoms. The highest BCUT2D eigenvalue weighted by Crippen LogP contribution is 2.33. The minimum atomic E-state index is -0.238. The van der Waals surface area contributed by atoms with E-state index in [2.05, 4.69) is 42.9 Å². The highest BCUT2D eigenvalue weighted by atomic mass is 32.1. The lowest BCUT2D eigenvalue weighted by molar-refractivity contribution is -0.111. The number of nitrogens with zero attached hydrogens (tertiary/aromatic N) is 1. The van der Waals surface area contributed by atoms with Gasteiger partial charge in [0, 0.05) is 10.8 Å². The number of carbonyl (C=O) groups excluding carboxylic acids is 1. The zero-order valence-corrected chi connectivity index (χ0v) is 11.8. The molecule has 0 fully saturated rings. The maximum Gasteiger partial charge on any atom is 0.249 e. The molecule has 0 saturated heterocycles. The van der Waals surface area contributed by atoms with Gasteiger partial charge in [-0.25, -0.2) is 4.98 Å². The molecule has 1 aromatic carbocycles. The lowest BCUT2D eigenvalue weighted by Crippen LogP contribution is -2.19. The molecule has 98 valence electrons. The molecule has 19 heavy (non-hydrogen) atoms. The van der Waals surface area contributed by atoms with Crippen molar-refractivity contribution >= 4 is 22.4 Å². The van der Waals surface area contributed by atoms with Crippen LogP contribution in [0.5, 0.6) is 0 Å². The van der Waals surface area contributed by atoms with Crippen molar-refractivity contribution in [3.63, 3.8) is 0 Å². The molecule has 0 unspecified atom stereocenters. The van der Waals surface area contributed by atoms with E-state index in [0.717, 1.165) is 5.69 Å². The zero-order chi connectivity index (χ0) is 13.9. The Morgan fingerprint density at radius 2 is 2.05 bits per heavy atom. The maximum atomic E-state index is 11.2. The number of amides is 1. The molecule has 0 saturated carbocycles. The fourth-order valence-corrected chi connectivity index (χ4v) is 2.66. The summed E-state index contributed by atoms with van der Waals surface area (Å²) < 4.78 is 0. The Balaban J connectivity index is 2.27. The average Bonchev–Trinajstić information content (AvgIpc) is 2.89. The van der Waals surface area contributed by atoms with Crippen LogP contribution in [0, 0.1) is 0 Å². The third-order valence-electron chi connectivity index (χ3n) is 3.06. The number of hydrogen-bond donors (Lipinski definition) is 1.